The van der Waals surface area contributed by atoms with Crippen molar-refractivity contribution in [1.29, 1.82) is 0 Å². The second kappa shape index (κ2) is 8.03. The molecule has 1 atom stereocenters. The molecule has 140 valence electrons. The summed E-state index contributed by atoms with van der Waals surface area (Å²) in [6.45, 7) is 9.61. The Kier molecular flexibility index (Phi) is 5.52. The van der Waals surface area contributed by atoms with Gasteiger partial charge < -0.3 is 4.90 Å². The Hall–Kier alpha value is -1.50. The lowest BCUT2D eigenvalue weighted by Gasteiger charge is -2.36. The number of likely N-dealkylation sites (tertiary alicyclic amines) is 1. The molecule has 5 nitrogen and oxygen atoms in total. The number of piperidine rings is 1. The van der Waals surface area contributed by atoms with Gasteiger partial charge in [-0.1, -0.05) is 19.1 Å². The summed E-state index contributed by atoms with van der Waals surface area (Å²) in [5.74, 6) is 0.967. The van der Waals surface area contributed by atoms with E-state index in [9.17, 15) is 4.79 Å². The lowest BCUT2D eigenvalue weighted by Crippen LogP contribution is -2.50. The van der Waals surface area contributed by atoms with Gasteiger partial charge in [0.25, 0.3) is 0 Å². The van der Waals surface area contributed by atoms with Crippen LogP contribution in [0.25, 0.3) is 10.2 Å². The van der Waals surface area contributed by atoms with Crippen molar-refractivity contribution in [2.24, 2.45) is 5.92 Å². The van der Waals surface area contributed by atoms with Gasteiger partial charge in [-0.15, -0.1) is 11.3 Å². The first-order valence-electron chi connectivity index (χ1n) is 9.74. The van der Waals surface area contributed by atoms with E-state index in [1.165, 1.54) is 16.1 Å². The van der Waals surface area contributed by atoms with Crippen LogP contribution in [0, 0.1) is 5.92 Å². The van der Waals surface area contributed by atoms with Gasteiger partial charge in [-0.3, -0.25) is 14.6 Å². The van der Waals surface area contributed by atoms with Gasteiger partial charge in [0.1, 0.15) is 5.01 Å². The van der Waals surface area contributed by atoms with Crippen LogP contribution in [0.15, 0.2) is 24.3 Å². The third-order valence-electron chi connectivity index (χ3n) is 5.53. The molecule has 2 saturated heterocycles. The minimum absolute atomic E-state index is 0.316. The monoisotopic (exact) mass is 372 g/mol. The molecule has 0 bridgehead atoms. The SMILES string of the molecule is C[C@@H]1CCCN(C(=O)CN2CCN(Cc3nc4ccccc4s3)CC2)C1. The molecule has 2 aliphatic heterocycles. The lowest BCUT2D eigenvalue weighted by molar-refractivity contribution is -0.134. The molecule has 1 amide bonds. The number of carbonyl (C=O) groups excluding carboxylic acids is 1. The molecular weight excluding hydrogens is 344 g/mol. The highest BCUT2D eigenvalue weighted by atomic mass is 32.1. The number of para-hydroxylation sites is 1. The highest BCUT2D eigenvalue weighted by Gasteiger charge is 2.25. The second-order valence-corrected chi connectivity index (χ2v) is 8.83. The molecule has 2 aromatic rings. The van der Waals surface area contributed by atoms with Crippen LogP contribution in [0.1, 0.15) is 24.8 Å². The first kappa shape index (κ1) is 17.9. The smallest absolute Gasteiger partial charge is 0.236 e. The summed E-state index contributed by atoms with van der Waals surface area (Å²) in [4.78, 5) is 24.1. The zero-order chi connectivity index (χ0) is 17.9. The maximum Gasteiger partial charge on any atom is 0.236 e. The molecule has 0 N–H and O–H groups in total. The quantitative estimate of drug-likeness (QED) is 0.827. The number of nitrogens with zero attached hydrogens (tertiary/aromatic N) is 4. The Morgan fingerprint density at radius 3 is 2.69 bits per heavy atom. The van der Waals surface area contributed by atoms with Gasteiger partial charge in [0.2, 0.25) is 5.91 Å². The van der Waals surface area contributed by atoms with E-state index in [2.05, 4.69) is 39.8 Å². The molecule has 1 aromatic heterocycles. The topological polar surface area (TPSA) is 39.7 Å². The average molecular weight is 373 g/mol. The highest BCUT2D eigenvalue weighted by Crippen LogP contribution is 2.23. The van der Waals surface area contributed by atoms with Crippen molar-refractivity contribution in [2.75, 3.05) is 45.8 Å². The van der Waals surface area contributed by atoms with E-state index >= 15 is 0 Å². The van der Waals surface area contributed by atoms with E-state index in [-0.39, 0.29) is 0 Å². The van der Waals surface area contributed by atoms with Gasteiger partial charge in [0.05, 0.1) is 23.3 Å². The largest absolute Gasteiger partial charge is 0.341 e. The maximum absolute atomic E-state index is 12.5. The number of amides is 1. The van der Waals surface area contributed by atoms with Gasteiger partial charge in [-0.2, -0.15) is 0 Å². The fourth-order valence-corrected chi connectivity index (χ4v) is 5.00. The van der Waals surface area contributed by atoms with Gasteiger partial charge in [0.15, 0.2) is 0 Å². The predicted octanol–water partition coefficient (Wildman–Crippen LogP) is 2.67. The van der Waals surface area contributed by atoms with E-state index in [0.717, 1.165) is 57.8 Å². The molecular formula is C20H28N4OS. The summed E-state index contributed by atoms with van der Waals surface area (Å²) in [7, 11) is 0. The number of fused-ring (bicyclic) bond motifs is 1. The summed E-state index contributed by atoms with van der Waals surface area (Å²) >= 11 is 1.79. The van der Waals surface area contributed by atoms with E-state index in [4.69, 9.17) is 4.98 Å². The number of aromatic nitrogens is 1. The number of hydrogen-bond acceptors (Lipinski definition) is 5. The fraction of sp³-hybridized carbons (Fsp3) is 0.600. The van der Waals surface area contributed by atoms with Crippen LogP contribution < -0.4 is 0 Å². The Balaban J connectivity index is 1.25. The average Bonchev–Trinajstić information content (AvgIpc) is 3.05. The normalized spacial score (nSPS) is 22.8. The van der Waals surface area contributed by atoms with Crippen molar-refractivity contribution in [3.63, 3.8) is 0 Å². The van der Waals surface area contributed by atoms with Crippen LogP contribution >= 0.6 is 11.3 Å². The van der Waals surface area contributed by atoms with E-state index in [1.807, 2.05) is 6.07 Å². The molecule has 6 heteroatoms. The molecule has 0 saturated carbocycles. The maximum atomic E-state index is 12.5. The lowest BCUT2D eigenvalue weighted by atomic mass is 10.0. The van der Waals surface area contributed by atoms with E-state index in [1.54, 1.807) is 11.3 Å². The number of thiazole rings is 1. The standard InChI is InChI=1S/C20H28N4OS/c1-16-5-4-8-24(13-16)20(25)15-23-11-9-22(10-12-23)14-19-21-17-6-2-3-7-18(17)26-19/h2-3,6-7,16H,4-5,8-15H2,1H3/t16-/m1/s1. The van der Waals surface area contributed by atoms with Crippen molar-refractivity contribution >= 4 is 27.5 Å². The van der Waals surface area contributed by atoms with Gasteiger partial charge in [0, 0.05) is 39.3 Å². The molecule has 0 unspecified atom stereocenters. The molecule has 1 aromatic carbocycles. The van der Waals surface area contributed by atoms with Crippen LogP contribution in [-0.4, -0.2) is 71.4 Å². The molecule has 3 heterocycles. The third-order valence-corrected chi connectivity index (χ3v) is 6.55. The van der Waals surface area contributed by atoms with Crippen molar-refractivity contribution in [3.05, 3.63) is 29.3 Å². The van der Waals surface area contributed by atoms with Crippen LogP contribution in [0.3, 0.4) is 0 Å². The summed E-state index contributed by atoms with van der Waals surface area (Å²) in [5.41, 5.74) is 1.10. The molecule has 0 spiro atoms. The molecule has 26 heavy (non-hydrogen) atoms. The van der Waals surface area contributed by atoms with Crippen LogP contribution in [0.4, 0.5) is 0 Å². The number of hydrogen-bond donors (Lipinski definition) is 0. The molecule has 0 radical (unpaired) electrons. The first-order chi connectivity index (χ1) is 12.7. The zero-order valence-corrected chi connectivity index (χ0v) is 16.4. The molecule has 4 rings (SSSR count). The van der Waals surface area contributed by atoms with Gasteiger partial charge >= 0.3 is 0 Å². The van der Waals surface area contributed by atoms with Gasteiger partial charge in [-0.05, 0) is 30.9 Å². The van der Waals surface area contributed by atoms with Crippen LogP contribution in [0.5, 0.6) is 0 Å². The van der Waals surface area contributed by atoms with Crippen LogP contribution in [0.2, 0.25) is 0 Å². The highest BCUT2D eigenvalue weighted by molar-refractivity contribution is 7.18. The summed E-state index contributed by atoms with van der Waals surface area (Å²) in [5, 5.41) is 1.19. The summed E-state index contributed by atoms with van der Waals surface area (Å²) in [6, 6.07) is 8.34. The van der Waals surface area contributed by atoms with E-state index < -0.39 is 0 Å². The molecule has 2 fully saturated rings. The Morgan fingerprint density at radius 1 is 1.15 bits per heavy atom. The summed E-state index contributed by atoms with van der Waals surface area (Å²) < 4.78 is 1.27. The Morgan fingerprint density at radius 2 is 1.92 bits per heavy atom. The number of rotatable bonds is 4. The molecule has 2 aliphatic rings. The predicted molar refractivity (Wildman–Crippen MR) is 106 cm³/mol. The second-order valence-electron chi connectivity index (χ2n) is 7.71. The zero-order valence-electron chi connectivity index (χ0n) is 15.6. The minimum atomic E-state index is 0.316. The van der Waals surface area contributed by atoms with Crippen molar-refractivity contribution in [3.8, 4) is 0 Å². The Bertz CT molecular complexity index is 720. The summed E-state index contributed by atoms with van der Waals surface area (Å²) in [6.07, 6.45) is 2.41. The van der Waals surface area contributed by atoms with Gasteiger partial charge in [-0.25, -0.2) is 4.98 Å². The van der Waals surface area contributed by atoms with Crippen molar-refractivity contribution in [1.82, 2.24) is 19.7 Å². The fourth-order valence-electron chi connectivity index (χ4n) is 3.99. The van der Waals surface area contributed by atoms with Crippen LogP contribution in [-0.2, 0) is 11.3 Å². The number of benzene rings is 1. The van der Waals surface area contributed by atoms with E-state index in [0.29, 0.717) is 18.4 Å². The third kappa shape index (κ3) is 4.24. The minimum Gasteiger partial charge on any atom is -0.341 e. The first-order valence-corrected chi connectivity index (χ1v) is 10.6. The Labute approximate surface area is 159 Å². The molecule has 0 aliphatic carbocycles. The van der Waals surface area contributed by atoms with Crippen molar-refractivity contribution in [2.45, 2.75) is 26.3 Å². The van der Waals surface area contributed by atoms with Crippen molar-refractivity contribution < 1.29 is 4.79 Å². The number of carbonyl (C=O) groups is 1. The number of piperazine rings is 1.